The van der Waals surface area contributed by atoms with Gasteiger partial charge in [-0.1, -0.05) is 71.7 Å². The van der Waals surface area contributed by atoms with Crippen LogP contribution >= 0.6 is 43.6 Å². The average molecular weight is 478 g/mol. The summed E-state index contributed by atoms with van der Waals surface area (Å²) in [5, 5.41) is 0. The molecule has 2 aromatic rings. The fourth-order valence-electron chi connectivity index (χ4n) is 5.96. The molecule has 0 nitrogen and oxygen atoms in total. The first kappa shape index (κ1) is 16.9. The molecule has 1 saturated heterocycles. The molecule has 0 N–H and O–H groups in total. The summed E-state index contributed by atoms with van der Waals surface area (Å²) in [5.41, 5.74) is 6.73. The van der Waals surface area contributed by atoms with E-state index < -0.39 is 0 Å². The zero-order chi connectivity index (χ0) is 17.8. The maximum absolute atomic E-state index is 3.68. The van der Waals surface area contributed by atoms with Crippen molar-refractivity contribution < 1.29 is 0 Å². The highest BCUT2D eigenvalue weighted by Gasteiger charge is 2.83. The number of rotatable bonds is 0. The molecule has 3 heteroatoms. The summed E-state index contributed by atoms with van der Waals surface area (Å²) in [4.78, 5) is 0. The lowest BCUT2D eigenvalue weighted by Gasteiger charge is -2.37. The lowest BCUT2D eigenvalue weighted by atomic mass is 9.63. The molecule has 0 radical (unpaired) electrons. The maximum Gasteiger partial charge on any atom is 0.0667 e. The first-order valence-electron chi connectivity index (χ1n) is 8.93. The molecule has 2 atom stereocenters. The van der Waals surface area contributed by atoms with Crippen LogP contribution in [0.3, 0.4) is 0 Å². The number of hydrogen-bond acceptors (Lipinski definition) is 1. The molecule has 25 heavy (non-hydrogen) atoms. The molecule has 2 spiro atoms. The Morgan fingerprint density at radius 3 is 1.52 bits per heavy atom. The van der Waals surface area contributed by atoms with Crippen LogP contribution in [-0.2, 0) is 22.3 Å². The SMILES string of the molecule is CC1(C)Cc2cc(Br)ccc2C12SC21c2ccc(Br)cc2CC1(C)C. The molecule has 130 valence electrons. The van der Waals surface area contributed by atoms with E-state index >= 15 is 0 Å². The van der Waals surface area contributed by atoms with Crippen LogP contribution in [0.4, 0.5) is 0 Å². The van der Waals surface area contributed by atoms with Crippen LogP contribution in [0, 0.1) is 10.8 Å². The molecule has 2 unspecified atom stereocenters. The Hall–Kier alpha value is -0.250. The molecule has 0 saturated carbocycles. The van der Waals surface area contributed by atoms with Gasteiger partial charge >= 0.3 is 0 Å². The Labute approximate surface area is 171 Å². The maximum atomic E-state index is 3.68. The van der Waals surface area contributed by atoms with E-state index in [1.807, 2.05) is 0 Å². The molecule has 0 amide bonds. The van der Waals surface area contributed by atoms with E-state index in [9.17, 15) is 0 Å². The number of thioether (sulfide) groups is 1. The average Bonchev–Trinajstić information content (AvgIpc) is 3.08. The Balaban J connectivity index is 1.79. The lowest BCUT2D eigenvalue weighted by Crippen LogP contribution is -2.39. The second-order valence-electron chi connectivity index (χ2n) is 9.19. The summed E-state index contributed by atoms with van der Waals surface area (Å²) in [6.07, 6.45) is 2.33. The van der Waals surface area contributed by atoms with E-state index in [0.717, 1.165) is 0 Å². The molecule has 0 bridgehead atoms. The third kappa shape index (κ3) is 1.81. The van der Waals surface area contributed by atoms with Crippen LogP contribution in [-0.4, -0.2) is 0 Å². The van der Waals surface area contributed by atoms with Crippen LogP contribution in [0.5, 0.6) is 0 Å². The summed E-state index contributed by atoms with van der Waals surface area (Å²) >= 11 is 9.60. The molecule has 1 heterocycles. The van der Waals surface area contributed by atoms with Crippen molar-refractivity contribution >= 4 is 43.6 Å². The molecular weight excluding hydrogens is 456 g/mol. The van der Waals surface area contributed by atoms with E-state index in [1.54, 1.807) is 11.1 Å². The summed E-state index contributed by atoms with van der Waals surface area (Å²) in [6.45, 7) is 9.93. The van der Waals surface area contributed by atoms with Crippen LogP contribution < -0.4 is 0 Å². The monoisotopic (exact) mass is 476 g/mol. The number of halogens is 2. The highest BCUT2D eigenvalue weighted by molar-refractivity contribution is 9.10. The summed E-state index contributed by atoms with van der Waals surface area (Å²) in [5.74, 6) is 0. The number of fused-ring (bicyclic) bond motifs is 5. The van der Waals surface area contributed by atoms with Gasteiger partial charge in [0.15, 0.2) is 0 Å². The van der Waals surface area contributed by atoms with Gasteiger partial charge in [-0.15, -0.1) is 11.8 Å². The van der Waals surface area contributed by atoms with Crippen LogP contribution in [0.1, 0.15) is 49.9 Å². The third-order valence-electron chi connectivity index (χ3n) is 6.82. The second-order valence-corrected chi connectivity index (χ2v) is 12.4. The quantitative estimate of drug-likeness (QED) is 0.361. The highest BCUT2D eigenvalue weighted by atomic mass is 79.9. The van der Waals surface area contributed by atoms with E-state index in [-0.39, 0.29) is 20.3 Å². The smallest absolute Gasteiger partial charge is 0.0667 e. The van der Waals surface area contributed by atoms with Crippen LogP contribution in [0.25, 0.3) is 0 Å². The Morgan fingerprint density at radius 2 is 1.12 bits per heavy atom. The van der Waals surface area contributed by atoms with Crippen molar-refractivity contribution in [3.05, 3.63) is 67.6 Å². The molecular formula is C22H22Br2S. The first-order chi connectivity index (χ1) is 11.6. The van der Waals surface area contributed by atoms with Gasteiger partial charge in [0.05, 0.1) is 9.49 Å². The van der Waals surface area contributed by atoms with Gasteiger partial charge in [-0.05, 0) is 70.2 Å². The Bertz CT molecular complexity index is 854. The zero-order valence-electron chi connectivity index (χ0n) is 15.0. The lowest BCUT2D eigenvalue weighted by molar-refractivity contribution is 0.186. The number of hydrogen-bond donors (Lipinski definition) is 0. The van der Waals surface area contributed by atoms with Crippen molar-refractivity contribution in [2.24, 2.45) is 10.8 Å². The topological polar surface area (TPSA) is 0 Å². The van der Waals surface area contributed by atoms with E-state index in [2.05, 4.69) is 108 Å². The van der Waals surface area contributed by atoms with Crippen molar-refractivity contribution in [3.8, 4) is 0 Å². The number of benzene rings is 2. The van der Waals surface area contributed by atoms with Gasteiger partial charge in [0.25, 0.3) is 0 Å². The molecule has 2 aromatic carbocycles. The molecule has 1 aliphatic heterocycles. The van der Waals surface area contributed by atoms with Crippen molar-refractivity contribution in [2.45, 2.75) is 50.0 Å². The van der Waals surface area contributed by atoms with Gasteiger partial charge in [-0.2, -0.15) is 0 Å². The first-order valence-corrected chi connectivity index (χ1v) is 11.3. The molecule has 1 fully saturated rings. The largest absolute Gasteiger partial charge is 0.134 e. The van der Waals surface area contributed by atoms with Gasteiger partial charge in [-0.25, -0.2) is 0 Å². The second kappa shape index (κ2) is 4.77. The Kier molecular flexibility index (Phi) is 3.22. The van der Waals surface area contributed by atoms with Crippen molar-refractivity contribution in [1.29, 1.82) is 0 Å². The minimum atomic E-state index is 0.193. The summed E-state index contributed by atoms with van der Waals surface area (Å²) in [7, 11) is 0. The minimum absolute atomic E-state index is 0.193. The van der Waals surface area contributed by atoms with Crippen molar-refractivity contribution in [1.82, 2.24) is 0 Å². The predicted octanol–water partition coefficient (Wildman–Crippen LogP) is 7.21. The molecule has 0 aromatic heterocycles. The van der Waals surface area contributed by atoms with Crippen molar-refractivity contribution in [2.75, 3.05) is 0 Å². The van der Waals surface area contributed by atoms with E-state index in [1.165, 1.54) is 32.9 Å². The Morgan fingerprint density at radius 1 is 0.720 bits per heavy atom. The molecule has 5 rings (SSSR count). The summed E-state index contributed by atoms with van der Waals surface area (Å²) < 4.78 is 2.79. The third-order valence-corrected chi connectivity index (χ3v) is 10.4. The predicted molar refractivity (Wildman–Crippen MR) is 114 cm³/mol. The van der Waals surface area contributed by atoms with E-state index in [0.29, 0.717) is 0 Å². The van der Waals surface area contributed by atoms with Crippen LogP contribution in [0.15, 0.2) is 45.3 Å². The van der Waals surface area contributed by atoms with E-state index in [4.69, 9.17) is 0 Å². The molecule has 3 aliphatic rings. The van der Waals surface area contributed by atoms with Gasteiger partial charge in [0, 0.05) is 8.95 Å². The standard InChI is InChI=1S/C22H22Br2S/c1-19(2)11-13-9-15(23)5-7-17(13)21(19)22(25-21)18-8-6-16(24)10-14(18)12-20(22,3)4/h5-10H,11-12H2,1-4H3. The highest BCUT2D eigenvalue weighted by Crippen LogP contribution is 2.90. The van der Waals surface area contributed by atoms with Gasteiger partial charge in [0.1, 0.15) is 0 Å². The van der Waals surface area contributed by atoms with Gasteiger partial charge in [0.2, 0.25) is 0 Å². The van der Waals surface area contributed by atoms with Crippen molar-refractivity contribution in [3.63, 3.8) is 0 Å². The fraction of sp³-hybridized carbons (Fsp3) is 0.455. The molecule has 2 aliphatic carbocycles. The minimum Gasteiger partial charge on any atom is -0.134 e. The van der Waals surface area contributed by atoms with Gasteiger partial charge in [-0.3, -0.25) is 0 Å². The fourth-order valence-corrected chi connectivity index (χ4v) is 9.27. The van der Waals surface area contributed by atoms with Crippen LogP contribution in [0.2, 0.25) is 0 Å². The zero-order valence-corrected chi connectivity index (χ0v) is 19.0. The normalized spacial score (nSPS) is 32.9. The van der Waals surface area contributed by atoms with Gasteiger partial charge < -0.3 is 0 Å². The summed E-state index contributed by atoms with van der Waals surface area (Å²) in [6, 6.07) is 14.0.